The van der Waals surface area contributed by atoms with E-state index >= 15 is 0 Å². The Balaban J connectivity index is 0.00000280. The van der Waals surface area contributed by atoms with E-state index in [0.29, 0.717) is 12.6 Å². The Labute approximate surface area is 188 Å². The molecule has 28 heavy (non-hydrogen) atoms. The number of aliphatic imine (C=N–C) groups is 1. The number of hydrogen-bond acceptors (Lipinski definition) is 5. The van der Waals surface area contributed by atoms with E-state index in [-0.39, 0.29) is 24.0 Å². The fraction of sp³-hybridized carbons (Fsp3) is 0.550. The SMILES string of the molecule is CCNC(=NCc1ccc(OC2CCCC2)nc1)NCCc1ncc(C)s1.I. The Kier molecular flexibility index (Phi) is 9.97. The first-order valence-electron chi connectivity index (χ1n) is 9.78. The highest BCUT2D eigenvalue weighted by Gasteiger charge is 2.16. The van der Waals surface area contributed by atoms with Gasteiger partial charge in [0.15, 0.2) is 5.96 Å². The molecule has 0 amide bonds. The van der Waals surface area contributed by atoms with Crippen LogP contribution in [0.25, 0.3) is 0 Å². The summed E-state index contributed by atoms with van der Waals surface area (Å²) in [6.45, 7) is 6.37. The van der Waals surface area contributed by atoms with Crippen molar-refractivity contribution < 1.29 is 4.74 Å². The summed E-state index contributed by atoms with van der Waals surface area (Å²) < 4.78 is 5.91. The molecule has 2 aromatic rings. The number of rotatable bonds is 8. The van der Waals surface area contributed by atoms with Gasteiger partial charge in [-0.2, -0.15) is 0 Å². The maximum absolute atomic E-state index is 5.91. The molecule has 0 bridgehead atoms. The van der Waals surface area contributed by atoms with E-state index < -0.39 is 0 Å². The molecule has 1 aliphatic carbocycles. The molecule has 0 radical (unpaired) electrons. The summed E-state index contributed by atoms with van der Waals surface area (Å²) in [5.74, 6) is 1.54. The number of pyridine rings is 1. The number of guanidine groups is 1. The molecule has 0 spiro atoms. The highest BCUT2D eigenvalue weighted by Crippen LogP contribution is 2.22. The molecule has 0 aromatic carbocycles. The zero-order chi connectivity index (χ0) is 18.9. The van der Waals surface area contributed by atoms with Crippen molar-refractivity contribution in [3.8, 4) is 5.88 Å². The summed E-state index contributed by atoms with van der Waals surface area (Å²) in [5.41, 5.74) is 1.07. The number of aromatic nitrogens is 2. The van der Waals surface area contributed by atoms with Crippen molar-refractivity contribution >= 4 is 41.3 Å². The Hall–Kier alpha value is -1.42. The summed E-state index contributed by atoms with van der Waals surface area (Å²) in [5, 5.41) is 7.80. The molecule has 1 fully saturated rings. The topological polar surface area (TPSA) is 71.4 Å². The van der Waals surface area contributed by atoms with E-state index in [1.165, 1.54) is 17.7 Å². The van der Waals surface area contributed by atoms with Crippen LogP contribution in [-0.2, 0) is 13.0 Å². The molecule has 2 heterocycles. The molecule has 0 aliphatic heterocycles. The average molecular weight is 515 g/mol. The van der Waals surface area contributed by atoms with Crippen LogP contribution in [0.4, 0.5) is 0 Å². The zero-order valence-corrected chi connectivity index (χ0v) is 19.8. The Morgan fingerprint density at radius 2 is 2.04 bits per heavy atom. The summed E-state index contributed by atoms with van der Waals surface area (Å²) in [7, 11) is 0. The number of nitrogens with one attached hydrogen (secondary N) is 2. The lowest BCUT2D eigenvalue weighted by Gasteiger charge is -2.12. The summed E-state index contributed by atoms with van der Waals surface area (Å²) in [6, 6.07) is 4.00. The van der Waals surface area contributed by atoms with Gasteiger partial charge >= 0.3 is 0 Å². The fourth-order valence-electron chi connectivity index (χ4n) is 3.07. The second-order valence-electron chi connectivity index (χ2n) is 6.77. The number of aryl methyl sites for hydroxylation is 1. The number of nitrogens with zero attached hydrogens (tertiary/aromatic N) is 3. The third-order valence-corrected chi connectivity index (χ3v) is 5.42. The number of hydrogen-bond donors (Lipinski definition) is 2. The lowest BCUT2D eigenvalue weighted by molar-refractivity contribution is 0.201. The molecule has 1 aliphatic rings. The lowest BCUT2D eigenvalue weighted by Crippen LogP contribution is -2.38. The van der Waals surface area contributed by atoms with E-state index in [2.05, 4.69) is 39.4 Å². The second-order valence-corrected chi connectivity index (χ2v) is 8.08. The maximum Gasteiger partial charge on any atom is 0.213 e. The molecule has 0 atom stereocenters. The monoisotopic (exact) mass is 515 g/mol. The van der Waals surface area contributed by atoms with Gasteiger partial charge in [0.25, 0.3) is 0 Å². The van der Waals surface area contributed by atoms with Gasteiger partial charge in [-0.25, -0.2) is 15.0 Å². The summed E-state index contributed by atoms with van der Waals surface area (Å²) >= 11 is 1.74. The Bertz CT molecular complexity index is 728. The van der Waals surface area contributed by atoms with Crippen LogP contribution in [-0.4, -0.2) is 35.1 Å². The third kappa shape index (κ3) is 7.54. The van der Waals surface area contributed by atoms with Crippen LogP contribution in [0.15, 0.2) is 29.5 Å². The molecule has 2 N–H and O–H groups in total. The van der Waals surface area contributed by atoms with Crippen LogP contribution in [0.1, 0.15) is 48.1 Å². The molecule has 0 unspecified atom stereocenters. The van der Waals surface area contributed by atoms with Crippen LogP contribution in [0.3, 0.4) is 0 Å². The van der Waals surface area contributed by atoms with Gasteiger partial charge in [-0.3, -0.25) is 0 Å². The van der Waals surface area contributed by atoms with E-state index in [4.69, 9.17) is 4.74 Å². The van der Waals surface area contributed by atoms with Crippen molar-refractivity contribution in [2.24, 2.45) is 4.99 Å². The van der Waals surface area contributed by atoms with Crippen LogP contribution < -0.4 is 15.4 Å². The van der Waals surface area contributed by atoms with Gasteiger partial charge in [0.05, 0.1) is 11.6 Å². The van der Waals surface area contributed by atoms with Gasteiger partial charge in [-0.15, -0.1) is 35.3 Å². The minimum Gasteiger partial charge on any atom is -0.474 e. The maximum atomic E-state index is 5.91. The number of halogens is 1. The first-order chi connectivity index (χ1) is 13.2. The van der Waals surface area contributed by atoms with Crippen LogP contribution in [0.2, 0.25) is 0 Å². The van der Waals surface area contributed by atoms with Crippen LogP contribution >= 0.6 is 35.3 Å². The molecular weight excluding hydrogens is 485 g/mol. The van der Waals surface area contributed by atoms with E-state index in [9.17, 15) is 0 Å². The van der Waals surface area contributed by atoms with Crippen molar-refractivity contribution in [3.63, 3.8) is 0 Å². The quantitative estimate of drug-likeness (QED) is 0.315. The average Bonchev–Trinajstić information content (AvgIpc) is 3.33. The summed E-state index contributed by atoms with van der Waals surface area (Å²) in [4.78, 5) is 14.7. The number of ether oxygens (including phenoxy) is 1. The zero-order valence-electron chi connectivity index (χ0n) is 16.6. The summed E-state index contributed by atoms with van der Waals surface area (Å²) in [6.07, 6.45) is 9.84. The van der Waals surface area contributed by atoms with Crippen molar-refractivity contribution in [2.75, 3.05) is 13.1 Å². The fourth-order valence-corrected chi connectivity index (χ4v) is 3.85. The molecule has 1 saturated carbocycles. The second kappa shape index (κ2) is 12.2. The van der Waals surface area contributed by atoms with E-state index in [1.54, 1.807) is 11.3 Å². The van der Waals surface area contributed by atoms with Gasteiger partial charge in [-0.05, 0) is 45.1 Å². The van der Waals surface area contributed by atoms with E-state index in [1.807, 2.05) is 24.5 Å². The van der Waals surface area contributed by atoms with Crippen LogP contribution in [0, 0.1) is 6.92 Å². The molecule has 2 aromatic heterocycles. The smallest absolute Gasteiger partial charge is 0.213 e. The van der Waals surface area contributed by atoms with E-state index in [0.717, 1.165) is 54.8 Å². The van der Waals surface area contributed by atoms with Gasteiger partial charge < -0.3 is 15.4 Å². The predicted molar refractivity (Wildman–Crippen MR) is 126 cm³/mol. The minimum atomic E-state index is 0. The highest BCUT2D eigenvalue weighted by atomic mass is 127. The molecule has 0 saturated heterocycles. The number of thiazole rings is 1. The van der Waals surface area contributed by atoms with Crippen molar-refractivity contribution in [1.82, 2.24) is 20.6 Å². The van der Waals surface area contributed by atoms with Crippen LogP contribution in [0.5, 0.6) is 5.88 Å². The predicted octanol–water partition coefficient (Wildman–Crippen LogP) is 4.08. The highest BCUT2D eigenvalue weighted by molar-refractivity contribution is 14.0. The molecular formula is C20H30IN5OS. The van der Waals surface area contributed by atoms with Gasteiger partial charge in [0, 0.05) is 42.8 Å². The van der Waals surface area contributed by atoms with Gasteiger partial charge in [0.1, 0.15) is 6.10 Å². The standard InChI is InChI=1S/C20H29N5OS.HI/c1-3-21-20(22-11-10-19-24-12-15(2)27-19)25-14-16-8-9-18(23-13-16)26-17-6-4-5-7-17;/h8-9,12-13,17H,3-7,10-11,14H2,1-2H3,(H2,21,22,25);1H. The van der Waals surface area contributed by atoms with Gasteiger partial charge in [0.2, 0.25) is 5.88 Å². The first-order valence-corrected chi connectivity index (χ1v) is 10.6. The Morgan fingerprint density at radius 3 is 2.68 bits per heavy atom. The normalized spacial score (nSPS) is 14.6. The van der Waals surface area contributed by atoms with Gasteiger partial charge in [-0.1, -0.05) is 6.07 Å². The largest absolute Gasteiger partial charge is 0.474 e. The lowest BCUT2D eigenvalue weighted by atomic mass is 10.3. The van der Waals surface area contributed by atoms with Crippen molar-refractivity contribution in [2.45, 2.75) is 58.6 Å². The molecule has 3 rings (SSSR count). The van der Waals surface area contributed by atoms with Crippen molar-refractivity contribution in [3.05, 3.63) is 40.0 Å². The minimum absolute atomic E-state index is 0. The first kappa shape index (κ1) is 22.9. The molecule has 8 heteroatoms. The molecule has 6 nitrogen and oxygen atoms in total. The van der Waals surface area contributed by atoms with Crippen molar-refractivity contribution in [1.29, 1.82) is 0 Å². The Morgan fingerprint density at radius 1 is 1.21 bits per heavy atom. The molecule has 154 valence electrons. The third-order valence-electron chi connectivity index (χ3n) is 4.45.